The number of hydrogen-bond donors (Lipinski definition) is 1. The minimum atomic E-state index is -4.20. The molecule has 0 saturated heterocycles. The lowest BCUT2D eigenvalue weighted by Crippen LogP contribution is -2.53. The Hall–Kier alpha value is -3.76. The molecule has 1 aliphatic rings. The smallest absolute Gasteiger partial charge is 0.264 e. The van der Waals surface area contributed by atoms with Crippen LogP contribution in [0.25, 0.3) is 0 Å². The number of ether oxygens (including phenoxy) is 2. The Labute approximate surface area is 258 Å². The molecule has 230 valence electrons. The van der Waals surface area contributed by atoms with E-state index in [-0.39, 0.29) is 29.1 Å². The first-order valence-electron chi connectivity index (χ1n) is 14.3. The van der Waals surface area contributed by atoms with Crippen molar-refractivity contribution in [1.82, 2.24) is 10.2 Å². The SMILES string of the molecule is COc1ccc(CN(C(=O)CN(c2ccc(Cl)cc2)S(=O)(=O)c2ccc(OC)cc2)[C@@H](C)C(=O)NC2CCCCC2)cc1. The van der Waals surface area contributed by atoms with Crippen LogP contribution in [0.5, 0.6) is 11.5 Å². The lowest BCUT2D eigenvalue weighted by atomic mass is 9.95. The van der Waals surface area contributed by atoms with E-state index in [0.717, 1.165) is 42.0 Å². The van der Waals surface area contributed by atoms with Gasteiger partial charge in [0.25, 0.3) is 10.0 Å². The highest BCUT2D eigenvalue weighted by Gasteiger charge is 2.33. The summed E-state index contributed by atoms with van der Waals surface area (Å²) in [5, 5.41) is 3.53. The van der Waals surface area contributed by atoms with Crippen molar-refractivity contribution >= 4 is 39.1 Å². The maximum Gasteiger partial charge on any atom is 0.264 e. The van der Waals surface area contributed by atoms with Gasteiger partial charge in [-0.3, -0.25) is 13.9 Å². The summed E-state index contributed by atoms with van der Waals surface area (Å²) in [4.78, 5) is 29.0. The number of sulfonamides is 1. The maximum atomic E-state index is 14.1. The number of halogens is 1. The fraction of sp³-hybridized carbons (Fsp3) is 0.375. The molecule has 1 N–H and O–H groups in total. The van der Waals surface area contributed by atoms with Crippen molar-refractivity contribution in [3.8, 4) is 11.5 Å². The zero-order chi connectivity index (χ0) is 31.0. The van der Waals surface area contributed by atoms with Gasteiger partial charge in [-0.2, -0.15) is 0 Å². The molecule has 0 bridgehead atoms. The fourth-order valence-corrected chi connectivity index (χ4v) is 6.63. The monoisotopic (exact) mass is 627 g/mol. The van der Waals surface area contributed by atoms with Crippen molar-refractivity contribution in [3.63, 3.8) is 0 Å². The first kappa shape index (κ1) is 32.2. The van der Waals surface area contributed by atoms with Crippen molar-refractivity contribution in [2.75, 3.05) is 25.1 Å². The minimum Gasteiger partial charge on any atom is -0.497 e. The second-order valence-corrected chi connectivity index (χ2v) is 12.9. The van der Waals surface area contributed by atoms with Crippen LogP contribution in [-0.4, -0.2) is 58.0 Å². The number of nitrogens with zero attached hydrogens (tertiary/aromatic N) is 2. The second-order valence-electron chi connectivity index (χ2n) is 10.6. The molecule has 0 aromatic heterocycles. The fourth-order valence-electron chi connectivity index (χ4n) is 5.09. The van der Waals surface area contributed by atoms with Gasteiger partial charge in [-0.15, -0.1) is 0 Å². The Morgan fingerprint density at radius 1 is 0.884 bits per heavy atom. The Bertz CT molecular complexity index is 1470. The number of carbonyl (C=O) groups excluding carboxylic acids is 2. The zero-order valence-corrected chi connectivity index (χ0v) is 26.2. The summed E-state index contributed by atoms with van der Waals surface area (Å²) < 4.78 is 39.4. The highest BCUT2D eigenvalue weighted by Crippen LogP contribution is 2.27. The number of anilines is 1. The third-order valence-corrected chi connectivity index (χ3v) is 9.71. The molecule has 0 aliphatic heterocycles. The standard InChI is InChI=1S/C32H38ClN3O6S/c1-23(32(38)34-26-7-5-4-6-8-26)35(21-24-9-15-28(41-2)16-10-24)31(37)22-36(27-13-11-25(33)12-14-27)43(39,40)30-19-17-29(42-3)18-20-30/h9-20,23,26H,4-8,21-22H2,1-3H3,(H,34,38)/t23-/m0/s1. The van der Waals surface area contributed by atoms with Gasteiger partial charge in [0, 0.05) is 17.6 Å². The summed E-state index contributed by atoms with van der Waals surface area (Å²) in [5.41, 5.74) is 1.03. The largest absolute Gasteiger partial charge is 0.497 e. The van der Waals surface area contributed by atoms with Crippen LogP contribution in [0.3, 0.4) is 0 Å². The summed E-state index contributed by atoms with van der Waals surface area (Å²) in [6.07, 6.45) is 5.04. The van der Waals surface area contributed by atoms with Crippen molar-refractivity contribution in [3.05, 3.63) is 83.4 Å². The van der Waals surface area contributed by atoms with E-state index in [2.05, 4.69) is 5.32 Å². The molecule has 1 atom stereocenters. The van der Waals surface area contributed by atoms with Gasteiger partial charge in [-0.1, -0.05) is 43.0 Å². The summed E-state index contributed by atoms with van der Waals surface area (Å²) >= 11 is 6.10. The van der Waals surface area contributed by atoms with Gasteiger partial charge in [0.15, 0.2) is 0 Å². The Kier molecular flexibility index (Phi) is 10.9. The lowest BCUT2D eigenvalue weighted by Gasteiger charge is -2.33. The van der Waals surface area contributed by atoms with Crippen molar-refractivity contribution < 1.29 is 27.5 Å². The van der Waals surface area contributed by atoms with Crippen LogP contribution in [-0.2, 0) is 26.2 Å². The summed E-state index contributed by atoms with van der Waals surface area (Å²) in [6, 6.07) is 18.5. The molecule has 4 rings (SSSR count). The Morgan fingerprint density at radius 3 is 2.00 bits per heavy atom. The van der Waals surface area contributed by atoms with E-state index in [1.807, 2.05) is 12.1 Å². The van der Waals surface area contributed by atoms with E-state index in [1.54, 1.807) is 62.6 Å². The predicted molar refractivity (Wildman–Crippen MR) is 167 cm³/mol. The molecule has 3 aromatic carbocycles. The third-order valence-electron chi connectivity index (χ3n) is 7.67. The highest BCUT2D eigenvalue weighted by atomic mass is 35.5. The molecule has 1 saturated carbocycles. The van der Waals surface area contributed by atoms with Crippen LogP contribution in [0.4, 0.5) is 5.69 Å². The van der Waals surface area contributed by atoms with Crippen LogP contribution >= 0.6 is 11.6 Å². The van der Waals surface area contributed by atoms with E-state index < -0.39 is 28.5 Å². The molecular weight excluding hydrogens is 590 g/mol. The maximum absolute atomic E-state index is 14.1. The summed E-state index contributed by atoms with van der Waals surface area (Å²) in [5.74, 6) is 0.347. The van der Waals surface area contributed by atoms with Gasteiger partial charge in [0.2, 0.25) is 11.8 Å². The van der Waals surface area contributed by atoms with Gasteiger partial charge < -0.3 is 19.7 Å². The van der Waals surface area contributed by atoms with Crippen LogP contribution in [0.15, 0.2) is 77.7 Å². The van der Waals surface area contributed by atoms with E-state index in [9.17, 15) is 18.0 Å². The number of amides is 2. The van der Waals surface area contributed by atoms with Crippen molar-refractivity contribution in [2.45, 2.75) is 62.6 Å². The minimum absolute atomic E-state index is 0.0131. The molecule has 1 fully saturated rings. The van der Waals surface area contributed by atoms with Gasteiger partial charge >= 0.3 is 0 Å². The molecule has 11 heteroatoms. The van der Waals surface area contributed by atoms with E-state index in [1.165, 1.54) is 24.1 Å². The molecule has 3 aromatic rings. The van der Waals surface area contributed by atoms with Crippen LogP contribution in [0, 0.1) is 0 Å². The van der Waals surface area contributed by atoms with Gasteiger partial charge in [0.05, 0.1) is 24.8 Å². The number of hydrogen-bond acceptors (Lipinski definition) is 6. The molecule has 0 heterocycles. The third kappa shape index (κ3) is 8.20. The van der Waals surface area contributed by atoms with Crippen molar-refractivity contribution in [2.24, 2.45) is 0 Å². The van der Waals surface area contributed by atoms with E-state index in [4.69, 9.17) is 21.1 Å². The Morgan fingerprint density at radius 2 is 1.44 bits per heavy atom. The normalized spacial score (nSPS) is 14.4. The molecule has 0 spiro atoms. The Balaban J connectivity index is 1.67. The molecule has 1 aliphatic carbocycles. The second kappa shape index (κ2) is 14.6. The molecule has 9 nitrogen and oxygen atoms in total. The summed E-state index contributed by atoms with van der Waals surface area (Å²) in [6.45, 7) is 1.23. The number of benzene rings is 3. The molecular formula is C32H38ClN3O6S. The van der Waals surface area contributed by atoms with Crippen LogP contribution in [0.2, 0.25) is 5.02 Å². The van der Waals surface area contributed by atoms with Crippen molar-refractivity contribution in [1.29, 1.82) is 0 Å². The predicted octanol–water partition coefficient (Wildman–Crippen LogP) is 5.42. The van der Waals surface area contributed by atoms with Crippen LogP contribution < -0.4 is 19.1 Å². The molecule has 43 heavy (non-hydrogen) atoms. The number of nitrogens with one attached hydrogen (secondary N) is 1. The molecule has 0 unspecified atom stereocenters. The number of carbonyl (C=O) groups is 2. The first-order valence-corrected chi connectivity index (χ1v) is 16.1. The number of methoxy groups -OCH3 is 2. The van der Waals surface area contributed by atoms with Crippen LogP contribution in [0.1, 0.15) is 44.6 Å². The van der Waals surface area contributed by atoms with Gasteiger partial charge in [0.1, 0.15) is 24.1 Å². The average molecular weight is 628 g/mol. The zero-order valence-electron chi connectivity index (χ0n) is 24.7. The topological polar surface area (TPSA) is 105 Å². The van der Waals surface area contributed by atoms with E-state index in [0.29, 0.717) is 16.5 Å². The first-order chi connectivity index (χ1) is 20.6. The lowest BCUT2D eigenvalue weighted by molar-refractivity contribution is -0.139. The molecule has 0 radical (unpaired) electrons. The molecule has 2 amide bonds. The van der Waals surface area contributed by atoms with Gasteiger partial charge in [-0.25, -0.2) is 8.42 Å². The average Bonchev–Trinajstić information content (AvgIpc) is 3.03. The summed E-state index contributed by atoms with van der Waals surface area (Å²) in [7, 11) is -1.14. The number of rotatable bonds is 12. The highest BCUT2D eigenvalue weighted by molar-refractivity contribution is 7.92. The quantitative estimate of drug-likeness (QED) is 0.288. The van der Waals surface area contributed by atoms with E-state index >= 15 is 0 Å². The van der Waals surface area contributed by atoms with Gasteiger partial charge in [-0.05, 0) is 86.0 Å².